The molecule has 0 saturated carbocycles. The fourth-order valence-corrected chi connectivity index (χ4v) is 8.03. The lowest BCUT2D eigenvalue weighted by atomic mass is 9.79. The Labute approximate surface area is 393 Å². The first-order valence-corrected chi connectivity index (χ1v) is 21.5. The number of oxime groups is 1. The second kappa shape index (κ2) is 28.3. The molecular weight excluding hydrogens is 940 g/mol. The second-order valence-corrected chi connectivity index (χ2v) is 16.9. The number of rotatable bonds is 33. The van der Waals surface area contributed by atoms with E-state index in [1.807, 2.05) is 0 Å². The first-order chi connectivity index (χ1) is 32.3. The molecule has 2 aliphatic heterocycles. The van der Waals surface area contributed by atoms with E-state index in [-0.39, 0.29) is 26.4 Å². The van der Waals surface area contributed by atoms with Gasteiger partial charge in [-0.2, -0.15) is 0 Å². The van der Waals surface area contributed by atoms with Crippen LogP contribution in [0.25, 0.3) is 0 Å². The number of nitrogens with zero attached hydrogens (tertiary/aromatic N) is 1. The molecule has 2 heterocycles. The molecule has 16 N–H and O–H groups in total. The molecule has 0 bridgehead atoms. The normalized spacial score (nSPS) is 29.3. The Kier molecular flexibility index (Phi) is 25.1. The Morgan fingerprint density at radius 1 is 0.638 bits per heavy atom. The van der Waals surface area contributed by atoms with Crippen molar-refractivity contribution in [1.82, 2.24) is 0 Å². The number of carboxylic acids is 3. The van der Waals surface area contributed by atoms with Crippen LogP contribution in [0.4, 0.5) is 0 Å². The Hall–Kier alpha value is -3.83. The van der Waals surface area contributed by atoms with Gasteiger partial charge in [-0.05, 0) is 20.8 Å². The minimum absolute atomic E-state index is 0.0318. The molecule has 0 aromatic carbocycles. The van der Waals surface area contributed by atoms with Crippen molar-refractivity contribution in [3.63, 3.8) is 0 Å². The molecule has 398 valence electrons. The van der Waals surface area contributed by atoms with Gasteiger partial charge in [-0.1, -0.05) is 5.16 Å². The molecule has 0 spiro atoms. The number of aliphatic carboxylic acids is 3. The van der Waals surface area contributed by atoms with Crippen LogP contribution in [0, 0.1) is 17.8 Å². The number of aliphatic hydroxyl groups is 11. The van der Waals surface area contributed by atoms with Gasteiger partial charge in [0.25, 0.3) is 11.6 Å². The highest BCUT2D eigenvalue weighted by Crippen LogP contribution is 2.43. The summed E-state index contributed by atoms with van der Waals surface area (Å²) in [5, 5.41) is 154. The van der Waals surface area contributed by atoms with Gasteiger partial charge in [-0.25, -0.2) is 20.3 Å². The number of carbonyl (C=O) groups is 6. The predicted molar refractivity (Wildman–Crippen MR) is 222 cm³/mol. The lowest BCUT2D eigenvalue weighted by Crippen LogP contribution is -2.66. The summed E-state index contributed by atoms with van der Waals surface area (Å²) in [6, 6.07) is 0. The van der Waals surface area contributed by atoms with E-state index in [0.29, 0.717) is 0 Å². The van der Waals surface area contributed by atoms with Crippen molar-refractivity contribution in [2.45, 2.75) is 144 Å². The highest BCUT2D eigenvalue weighted by molar-refractivity contribution is 6.35. The number of hydrogen-bond donors (Lipinski definition) is 15. The average Bonchev–Trinajstić information content (AvgIpc) is 3.28. The molecule has 0 amide bonds. The van der Waals surface area contributed by atoms with Crippen LogP contribution in [0.15, 0.2) is 5.16 Å². The molecule has 29 heteroatoms. The quantitative estimate of drug-likeness (QED) is 0.0165. The van der Waals surface area contributed by atoms with E-state index in [4.69, 9.17) is 34.4 Å². The van der Waals surface area contributed by atoms with Gasteiger partial charge in [-0.15, -0.1) is 0 Å². The molecule has 17 atom stereocenters. The van der Waals surface area contributed by atoms with Crippen LogP contribution >= 0.6 is 0 Å². The maximum atomic E-state index is 13.1. The molecule has 69 heavy (non-hydrogen) atoms. The first kappa shape index (κ1) is 61.3. The van der Waals surface area contributed by atoms with Crippen molar-refractivity contribution in [3.8, 4) is 0 Å². The third kappa shape index (κ3) is 16.9. The second-order valence-electron chi connectivity index (χ2n) is 16.9. The van der Waals surface area contributed by atoms with E-state index in [2.05, 4.69) is 9.99 Å². The molecule has 2 rings (SSSR count). The number of ketones is 3. The zero-order chi connectivity index (χ0) is 52.6. The lowest BCUT2D eigenvalue weighted by molar-refractivity contribution is -0.360. The third-order valence-electron chi connectivity index (χ3n) is 11.5. The van der Waals surface area contributed by atoms with E-state index >= 15 is 0 Å². The van der Waals surface area contributed by atoms with Gasteiger partial charge in [-0.3, -0.25) is 0 Å². The van der Waals surface area contributed by atoms with E-state index in [0.717, 1.165) is 20.8 Å². The van der Waals surface area contributed by atoms with Gasteiger partial charge < -0.3 is 119 Å². The molecule has 2 aliphatic rings. The van der Waals surface area contributed by atoms with E-state index in [9.17, 15) is 100 Å². The molecule has 2 saturated heterocycles. The fraction of sp³-hybridized carbons (Fsp3) is 0.825. The number of Topliss-reactive ketones (excluding diaryl/α,β-unsaturated/α-hetero) is 3. The Balaban J connectivity index is 2.56. The van der Waals surface area contributed by atoms with E-state index < -0.39 is 202 Å². The van der Waals surface area contributed by atoms with E-state index in [1.165, 1.54) is 0 Å². The Bertz CT molecular complexity index is 1720. The van der Waals surface area contributed by atoms with Gasteiger partial charge in [0, 0.05) is 56.3 Å². The summed E-state index contributed by atoms with van der Waals surface area (Å²) in [4.78, 5) is 84.0. The SMILES string of the molecule is CC(=O)CC(C(O)C/C(=N/OCCOCCON)C(=O)O)C(O)C(O)C(CO)OC1(C(=O)O)CC(O)C(CC(C)=O)C(C(O)C(CO)OC2(C(=O)O)CC(O)C(CC(C)=O)C(C(O)C(O)CO)O2)O1. The van der Waals surface area contributed by atoms with Crippen LogP contribution in [0.5, 0.6) is 0 Å². The van der Waals surface area contributed by atoms with Crippen LogP contribution in [0.3, 0.4) is 0 Å². The molecule has 0 radical (unpaired) electrons. The van der Waals surface area contributed by atoms with Crippen molar-refractivity contribution in [2.24, 2.45) is 28.8 Å². The first-order valence-electron chi connectivity index (χ1n) is 21.5. The molecule has 0 aromatic rings. The Morgan fingerprint density at radius 3 is 1.54 bits per heavy atom. The molecule has 2 fully saturated rings. The van der Waals surface area contributed by atoms with Crippen molar-refractivity contribution >= 4 is 41.0 Å². The van der Waals surface area contributed by atoms with Gasteiger partial charge in [0.15, 0.2) is 5.71 Å². The van der Waals surface area contributed by atoms with Gasteiger partial charge >= 0.3 is 17.9 Å². The standard InChI is InChI=1S/C40H66N2O27/c1-17(46)8-20(24(49)11-23(36(57)58)42-65-7-5-63-4-6-64-41)30(53)32(55)28(15-44)66-39(37(59)60)13-26(51)22(10-19(3)48)35(69-39)33(56)29(16-45)67-40(38(61)62)12-25(50)21(9-18(2)47)34(68-40)31(54)27(52)14-43/h20-22,24-35,43-45,49-56H,4-16,41H2,1-3H3,(H,57,58)(H,59,60)(H,61,62)/b42-23-. The maximum absolute atomic E-state index is 13.1. The maximum Gasteiger partial charge on any atom is 0.364 e. The zero-order valence-electron chi connectivity index (χ0n) is 37.9. The van der Waals surface area contributed by atoms with Gasteiger partial charge in [0.1, 0.15) is 60.6 Å². The smallest absolute Gasteiger partial charge is 0.364 e. The highest BCUT2D eigenvalue weighted by Gasteiger charge is 2.60. The largest absolute Gasteiger partial charge is 0.477 e. The van der Waals surface area contributed by atoms with Crippen molar-refractivity contribution < 1.29 is 134 Å². The molecule has 29 nitrogen and oxygen atoms in total. The minimum atomic E-state index is -3.31. The van der Waals surface area contributed by atoms with Gasteiger partial charge in [0.05, 0.1) is 76.3 Å². The summed E-state index contributed by atoms with van der Waals surface area (Å²) in [7, 11) is 0. The average molecular weight is 1010 g/mol. The van der Waals surface area contributed by atoms with E-state index in [1.54, 1.807) is 0 Å². The summed E-state index contributed by atoms with van der Waals surface area (Å²) in [5.74, 6) is -14.5. The lowest BCUT2D eigenvalue weighted by Gasteiger charge is -2.50. The Morgan fingerprint density at radius 2 is 1.12 bits per heavy atom. The van der Waals surface area contributed by atoms with Crippen LogP contribution < -0.4 is 5.90 Å². The van der Waals surface area contributed by atoms with Crippen molar-refractivity contribution in [1.29, 1.82) is 0 Å². The van der Waals surface area contributed by atoms with Crippen molar-refractivity contribution in [3.05, 3.63) is 0 Å². The molecule has 17 unspecified atom stereocenters. The van der Waals surface area contributed by atoms with Crippen LogP contribution in [0.2, 0.25) is 0 Å². The minimum Gasteiger partial charge on any atom is -0.477 e. The topological polar surface area (TPSA) is 489 Å². The van der Waals surface area contributed by atoms with Crippen molar-refractivity contribution in [2.75, 3.05) is 46.2 Å². The number of hydrogen-bond acceptors (Lipinski definition) is 26. The van der Waals surface area contributed by atoms with Crippen LogP contribution in [-0.2, 0) is 62.1 Å². The number of nitrogens with two attached hydrogens (primary N) is 1. The fourth-order valence-electron chi connectivity index (χ4n) is 8.03. The third-order valence-corrected chi connectivity index (χ3v) is 11.5. The molecule has 0 aromatic heterocycles. The monoisotopic (exact) mass is 1010 g/mol. The summed E-state index contributed by atoms with van der Waals surface area (Å²) >= 11 is 0. The number of carbonyl (C=O) groups excluding carboxylic acids is 3. The molecule has 0 aliphatic carbocycles. The molecular formula is C40H66N2O27. The zero-order valence-corrected chi connectivity index (χ0v) is 37.9. The number of ether oxygens (including phenoxy) is 5. The van der Waals surface area contributed by atoms with Crippen LogP contribution in [-0.4, -0.2) is 244 Å². The summed E-state index contributed by atoms with van der Waals surface area (Å²) in [6.45, 7) is -1.13. The number of aliphatic hydroxyl groups excluding tert-OH is 11. The summed E-state index contributed by atoms with van der Waals surface area (Å²) < 4.78 is 27.6. The highest BCUT2D eigenvalue weighted by atomic mass is 16.8. The summed E-state index contributed by atoms with van der Waals surface area (Å²) in [5.41, 5.74) is -0.835. The van der Waals surface area contributed by atoms with Crippen LogP contribution in [0.1, 0.15) is 59.3 Å². The number of carboxylic acid groups (broad SMARTS) is 3. The predicted octanol–water partition coefficient (Wildman–Crippen LogP) is -6.70. The van der Waals surface area contributed by atoms with Gasteiger partial charge in [0.2, 0.25) is 0 Å². The summed E-state index contributed by atoms with van der Waals surface area (Å²) in [6.07, 6.45) is -31.7.